The lowest BCUT2D eigenvalue weighted by molar-refractivity contribution is 0.0950. The van der Waals surface area contributed by atoms with E-state index in [1.165, 1.54) is 23.6 Å². The molecule has 2 aromatic heterocycles. The maximum absolute atomic E-state index is 12.5. The number of halogens is 1. The van der Waals surface area contributed by atoms with Crippen molar-refractivity contribution in [3.05, 3.63) is 46.4 Å². The maximum Gasteiger partial charge on any atom is 0.253 e. The Morgan fingerprint density at radius 2 is 2.31 bits per heavy atom. The van der Waals surface area contributed by atoms with Gasteiger partial charge in [0.25, 0.3) is 5.91 Å². The Balaban J connectivity index is 1.95. The summed E-state index contributed by atoms with van der Waals surface area (Å²) in [5.41, 5.74) is 2.83. The zero-order valence-electron chi connectivity index (χ0n) is 8.18. The summed E-state index contributed by atoms with van der Waals surface area (Å²) in [6.07, 6.45) is 1.20. The van der Waals surface area contributed by atoms with E-state index in [4.69, 9.17) is 0 Å². The molecule has 1 N–H and O–H groups in total. The third-order valence-corrected chi connectivity index (χ3v) is 2.54. The van der Waals surface area contributed by atoms with E-state index < -0.39 is 5.95 Å². The molecule has 0 unspecified atom stereocenters. The van der Waals surface area contributed by atoms with Crippen LogP contribution in [0.5, 0.6) is 0 Å². The molecule has 4 nitrogen and oxygen atoms in total. The highest BCUT2D eigenvalue weighted by atomic mass is 32.1. The molecule has 2 rings (SSSR count). The van der Waals surface area contributed by atoms with Crippen LogP contribution in [-0.4, -0.2) is 15.9 Å². The van der Waals surface area contributed by atoms with Gasteiger partial charge in [-0.05, 0) is 12.1 Å². The minimum atomic E-state index is -0.601. The van der Waals surface area contributed by atoms with Gasteiger partial charge in [0.15, 0.2) is 0 Å². The first-order valence-electron chi connectivity index (χ1n) is 4.52. The molecule has 0 spiro atoms. The zero-order valence-corrected chi connectivity index (χ0v) is 9.00. The molecule has 2 heterocycles. The number of aromatic nitrogens is 2. The van der Waals surface area contributed by atoms with E-state index >= 15 is 0 Å². The summed E-state index contributed by atoms with van der Waals surface area (Å²) >= 11 is 1.46. The third-order valence-electron chi connectivity index (χ3n) is 1.90. The molecule has 0 radical (unpaired) electrons. The van der Waals surface area contributed by atoms with Crippen LogP contribution in [0.1, 0.15) is 16.1 Å². The van der Waals surface area contributed by atoms with E-state index in [0.717, 1.165) is 11.8 Å². The highest BCUT2D eigenvalue weighted by Crippen LogP contribution is 2.02. The molecule has 0 aliphatic carbocycles. The van der Waals surface area contributed by atoms with Crippen LogP contribution in [0.2, 0.25) is 0 Å². The lowest BCUT2D eigenvalue weighted by Gasteiger charge is -2.02. The van der Waals surface area contributed by atoms with Crippen molar-refractivity contribution in [3.63, 3.8) is 0 Å². The number of carbonyl (C=O) groups is 1. The quantitative estimate of drug-likeness (QED) is 0.825. The molecule has 16 heavy (non-hydrogen) atoms. The van der Waals surface area contributed by atoms with Gasteiger partial charge >= 0.3 is 0 Å². The summed E-state index contributed by atoms with van der Waals surface area (Å²) in [5.74, 6) is -0.892. The van der Waals surface area contributed by atoms with Gasteiger partial charge in [-0.2, -0.15) is 4.39 Å². The normalized spacial score (nSPS) is 10.1. The summed E-state index contributed by atoms with van der Waals surface area (Å²) in [4.78, 5) is 19.0. The first-order valence-corrected chi connectivity index (χ1v) is 5.47. The van der Waals surface area contributed by atoms with E-state index in [1.54, 1.807) is 5.51 Å². The molecule has 0 aliphatic rings. The van der Waals surface area contributed by atoms with Gasteiger partial charge in [-0.1, -0.05) is 0 Å². The molecule has 0 atom stereocenters. The molecule has 0 saturated carbocycles. The summed E-state index contributed by atoms with van der Waals surface area (Å²) in [5, 5.41) is 4.51. The predicted octanol–water partition coefficient (Wildman–Crippen LogP) is 1.61. The van der Waals surface area contributed by atoms with Crippen molar-refractivity contribution in [2.45, 2.75) is 6.54 Å². The molecule has 0 fully saturated rings. The second-order valence-electron chi connectivity index (χ2n) is 3.03. The van der Waals surface area contributed by atoms with E-state index in [0.29, 0.717) is 12.1 Å². The summed E-state index contributed by atoms with van der Waals surface area (Å²) < 4.78 is 12.5. The average Bonchev–Trinajstić information content (AvgIpc) is 2.80. The molecule has 0 aliphatic heterocycles. The largest absolute Gasteiger partial charge is 0.346 e. The molecule has 82 valence electrons. The van der Waals surface area contributed by atoms with Crippen LogP contribution in [0.25, 0.3) is 0 Å². The van der Waals surface area contributed by atoms with Crippen molar-refractivity contribution in [3.8, 4) is 0 Å². The van der Waals surface area contributed by atoms with Crippen LogP contribution in [0.3, 0.4) is 0 Å². The number of hydrogen-bond donors (Lipinski definition) is 1. The van der Waals surface area contributed by atoms with Crippen molar-refractivity contribution in [2.75, 3.05) is 0 Å². The average molecular weight is 237 g/mol. The van der Waals surface area contributed by atoms with Crippen LogP contribution in [0.15, 0.2) is 29.2 Å². The molecule has 0 bridgehead atoms. The highest BCUT2D eigenvalue weighted by Gasteiger charge is 2.06. The Hall–Kier alpha value is -1.82. The van der Waals surface area contributed by atoms with Gasteiger partial charge in [-0.25, -0.2) is 9.97 Å². The first kappa shape index (κ1) is 10.7. The number of hydrogen-bond acceptors (Lipinski definition) is 4. The fraction of sp³-hybridized carbons (Fsp3) is 0.100. The number of thiazole rings is 1. The fourth-order valence-electron chi connectivity index (χ4n) is 1.11. The van der Waals surface area contributed by atoms with Crippen molar-refractivity contribution in [1.29, 1.82) is 0 Å². The van der Waals surface area contributed by atoms with Crippen LogP contribution < -0.4 is 5.32 Å². The van der Waals surface area contributed by atoms with E-state index in [2.05, 4.69) is 15.3 Å². The standard InChI is InChI=1S/C10H8FN3OS/c11-9-2-1-7(3-12-9)10(15)13-4-8-5-16-6-14-8/h1-3,5-6H,4H2,(H,13,15). The zero-order chi connectivity index (χ0) is 11.4. The van der Waals surface area contributed by atoms with Gasteiger partial charge in [-0.15, -0.1) is 11.3 Å². The van der Waals surface area contributed by atoms with E-state index in [1.807, 2.05) is 5.38 Å². The minimum absolute atomic E-state index is 0.291. The lowest BCUT2D eigenvalue weighted by atomic mass is 10.2. The SMILES string of the molecule is O=C(NCc1cscn1)c1ccc(F)nc1. The Labute approximate surface area is 95.2 Å². The molecular formula is C10H8FN3OS. The molecule has 1 amide bonds. The van der Waals surface area contributed by atoms with Crippen molar-refractivity contribution < 1.29 is 9.18 Å². The number of rotatable bonds is 3. The maximum atomic E-state index is 12.5. The van der Waals surface area contributed by atoms with Crippen LogP contribution in [0, 0.1) is 5.95 Å². The summed E-state index contributed by atoms with van der Waals surface area (Å²) in [6.45, 7) is 0.361. The minimum Gasteiger partial charge on any atom is -0.346 e. The van der Waals surface area contributed by atoms with Gasteiger partial charge in [0.05, 0.1) is 23.3 Å². The van der Waals surface area contributed by atoms with Crippen LogP contribution >= 0.6 is 11.3 Å². The highest BCUT2D eigenvalue weighted by molar-refractivity contribution is 7.07. The molecule has 0 saturated heterocycles. The number of nitrogens with one attached hydrogen (secondary N) is 1. The topological polar surface area (TPSA) is 54.9 Å². The van der Waals surface area contributed by atoms with Gasteiger partial charge in [-0.3, -0.25) is 4.79 Å². The van der Waals surface area contributed by atoms with Crippen LogP contribution in [0.4, 0.5) is 4.39 Å². The van der Waals surface area contributed by atoms with E-state index in [9.17, 15) is 9.18 Å². The fourth-order valence-corrected chi connectivity index (χ4v) is 1.67. The number of amides is 1. The Morgan fingerprint density at radius 3 is 2.94 bits per heavy atom. The third kappa shape index (κ3) is 2.60. The van der Waals surface area contributed by atoms with E-state index in [-0.39, 0.29) is 5.91 Å². The molecule has 6 heteroatoms. The predicted molar refractivity (Wildman–Crippen MR) is 57.5 cm³/mol. The van der Waals surface area contributed by atoms with Crippen LogP contribution in [-0.2, 0) is 6.54 Å². The lowest BCUT2D eigenvalue weighted by Crippen LogP contribution is -2.23. The Kier molecular flexibility index (Phi) is 3.21. The Bertz CT molecular complexity index is 469. The molecular weight excluding hydrogens is 229 g/mol. The van der Waals surface area contributed by atoms with Gasteiger partial charge in [0.2, 0.25) is 5.95 Å². The monoisotopic (exact) mass is 237 g/mol. The molecule has 2 aromatic rings. The number of pyridine rings is 1. The number of nitrogens with zero attached hydrogens (tertiary/aromatic N) is 2. The smallest absolute Gasteiger partial charge is 0.253 e. The molecule has 0 aromatic carbocycles. The van der Waals surface area contributed by atoms with Crippen molar-refractivity contribution in [1.82, 2.24) is 15.3 Å². The van der Waals surface area contributed by atoms with Gasteiger partial charge in [0, 0.05) is 11.6 Å². The first-order chi connectivity index (χ1) is 7.75. The second-order valence-corrected chi connectivity index (χ2v) is 3.75. The summed E-state index contributed by atoms with van der Waals surface area (Å²) in [6, 6.07) is 2.54. The summed E-state index contributed by atoms with van der Waals surface area (Å²) in [7, 11) is 0. The van der Waals surface area contributed by atoms with Gasteiger partial charge < -0.3 is 5.32 Å². The Morgan fingerprint density at radius 1 is 1.44 bits per heavy atom. The number of carbonyl (C=O) groups excluding carboxylic acids is 1. The van der Waals surface area contributed by atoms with Crippen molar-refractivity contribution >= 4 is 17.2 Å². The van der Waals surface area contributed by atoms with Gasteiger partial charge in [0.1, 0.15) is 0 Å². The van der Waals surface area contributed by atoms with Crippen molar-refractivity contribution in [2.24, 2.45) is 0 Å². The second kappa shape index (κ2) is 4.80.